The summed E-state index contributed by atoms with van der Waals surface area (Å²) in [7, 11) is 0. The van der Waals surface area contributed by atoms with Crippen LogP contribution in [-0.2, 0) is 11.2 Å². The van der Waals surface area contributed by atoms with Crippen LogP contribution in [0.3, 0.4) is 0 Å². The van der Waals surface area contributed by atoms with Crippen LogP contribution in [0.1, 0.15) is 60.8 Å². The molecule has 2 aliphatic heterocycles. The van der Waals surface area contributed by atoms with Crippen LogP contribution in [0.25, 0.3) is 6.08 Å². The Morgan fingerprint density at radius 2 is 2.08 bits per heavy atom. The summed E-state index contributed by atoms with van der Waals surface area (Å²) in [5, 5.41) is 0. The largest absolute Gasteiger partial charge is 0.444 e. The number of rotatable bonds is 2. The highest BCUT2D eigenvalue weighted by atomic mass is 16.6. The summed E-state index contributed by atoms with van der Waals surface area (Å²) in [6.45, 7) is 13.0. The number of ether oxygens (including phenoxy) is 1. The van der Waals surface area contributed by atoms with Crippen LogP contribution in [0.4, 0.5) is 4.79 Å². The van der Waals surface area contributed by atoms with E-state index in [9.17, 15) is 9.59 Å². The van der Waals surface area contributed by atoms with Crippen molar-refractivity contribution >= 4 is 18.1 Å². The summed E-state index contributed by atoms with van der Waals surface area (Å²) in [5.41, 5.74) is 3.29. The van der Waals surface area contributed by atoms with Gasteiger partial charge in [-0.3, -0.25) is 4.79 Å². The molecule has 0 N–H and O–H groups in total. The number of piperazine rings is 1. The fourth-order valence-electron chi connectivity index (χ4n) is 3.56. The lowest BCUT2D eigenvalue weighted by Gasteiger charge is -2.38. The first-order chi connectivity index (χ1) is 11.7. The molecule has 0 saturated carbocycles. The molecule has 1 aromatic rings. The average molecular weight is 342 g/mol. The predicted molar refractivity (Wildman–Crippen MR) is 97.5 cm³/mol. The lowest BCUT2D eigenvalue weighted by Crippen LogP contribution is -2.50. The maximum Gasteiger partial charge on any atom is 0.410 e. The van der Waals surface area contributed by atoms with Gasteiger partial charge in [-0.15, -0.1) is 0 Å². The Labute approximate surface area is 149 Å². The van der Waals surface area contributed by atoms with Crippen molar-refractivity contribution in [3.05, 3.63) is 41.0 Å². The van der Waals surface area contributed by atoms with Gasteiger partial charge in [-0.25, -0.2) is 4.79 Å². The summed E-state index contributed by atoms with van der Waals surface area (Å²) in [5.74, 6) is 0.0430. The number of hydrogen-bond acceptors (Lipinski definition) is 3. The van der Waals surface area contributed by atoms with Gasteiger partial charge in [-0.05, 0) is 43.9 Å². The van der Waals surface area contributed by atoms with Crippen LogP contribution in [0.5, 0.6) is 0 Å². The zero-order chi connectivity index (χ0) is 18.4. The maximum absolute atomic E-state index is 12.9. The van der Waals surface area contributed by atoms with E-state index in [2.05, 4.69) is 19.6 Å². The molecule has 0 spiro atoms. The molecular formula is C20H26N2O3. The third-order valence-electron chi connectivity index (χ3n) is 4.75. The molecule has 25 heavy (non-hydrogen) atoms. The van der Waals surface area contributed by atoms with E-state index < -0.39 is 5.60 Å². The molecule has 134 valence electrons. The molecule has 1 aromatic carbocycles. The van der Waals surface area contributed by atoms with Crippen LogP contribution >= 0.6 is 0 Å². The van der Waals surface area contributed by atoms with E-state index in [4.69, 9.17) is 4.74 Å². The summed E-state index contributed by atoms with van der Waals surface area (Å²) in [4.78, 5) is 28.9. The highest BCUT2D eigenvalue weighted by Crippen LogP contribution is 2.39. The average Bonchev–Trinajstić information content (AvgIpc) is 2.85. The highest BCUT2D eigenvalue weighted by Gasteiger charge is 2.43. The van der Waals surface area contributed by atoms with Gasteiger partial charge in [0.15, 0.2) is 0 Å². The molecule has 2 aliphatic rings. The summed E-state index contributed by atoms with van der Waals surface area (Å²) in [6, 6.07) is 4.03. The van der Waals surface area contributed by atoms with E-state index in [1.54, 1.807) is 11.0 Å². The Kier molecular flexibility index (Phi) is 4.35. The number of nitrogens with zero attached hydrogens (tertiary/aromatic N) is 2. The van der Waals surface area contributed by atoms with E-state index >= 15 is 0 Å². The number of carbonyl (C=O) groups is 2. The Hall–Kier alpha value is -2.30. The first-order valence-electron chi connectivity index (χ1n) is 8.83. The van der Waals surface area contributed by atoms with Gasteiger partial charge in [-0.2, -0.15) is 0 Å². The molecule has 1 saturated heterocycles. The van der Waals surface area contributed by atoms with Crippen molar-refractivity contribution in [3.63, 3.8) is 0 Å². The topological polar surface area (TPSA) is 49.9 Å². The maximum atomic E-state index is 12.9. The van der Waals surface area contributed by atoms with Crippen LogP contribution < -0.4 is 0 Å². The van der Waals surface area contributed by atoms with E-state index in [0.717, 1.165) is 23.1 Å². The molecule has 0 aromatic heterocycles. The number of hydrogen-bond donors (Lipinski definition) is 0. The minimum Gasteiger partial charge on any atom is -0.444 e. The van der Waals surface area contributed by atoms with Crippen LogP contribution in [0.15, 0.2) is 18.7 Å². The van der Waals surface area contributed by atoms with Gasteiger partial charge in [0.2, 0.25) is 0 Å². The van der Waals surface area contributed by atoms with Crippen molar-refractivity contribution in [3.8, 4) is 0 Å². The number of fused-ring (bicyclic) bond motifs is 3. The lowest BCUT2D eigenvalue weighted by molar-refractivity contribution is 0.00657. The Balaban J connectivity index is 1.92. The van der Waals surface area contributed by atoms with Gasteiger partial charge >= 0.3 is 6.09 Å². The molecule has 3 rings (SSSR count). The summed E-state index contributed by atoms with van der Waals surface area (Å²) >= 11 is 0. The zero-order valence-corrected chi connectivity index (χ0v) is 15.5. The Bertz CT molecular complexity index is 733. The lowest BCUT2D eigenvalue weighted by atomic mass is 9.95. The predicted octanol–water partition coefficient (Wildman–Crippen LogP) is 3.64. The molecule has 5 heteroatoms. The second-order valence-electron chi connectivity index (χ2n) is 7.65. The fraction of sp³-hybridized carbons (Fsp3) is 0.500. The van der Waals surface area contributed by atoms with E-state index in [0.29, 0.717) is 19.6 Å². The summed E-state index contributed by atoms with van der Waals surface area (Å²) in [6.07, 6.45) is 2.33. The third kappa shape index (κ3) is 3.15. The molecule has 1 fully saturated rings. The molecule has 0 bridgehead atoms. The third-order valence-corrected chi connectivity index (χ3v) is 4.75. The van der Waals surface area contributed by atoms with Gasteiger partial charge < -0.3 is 14.5 Å². The van der Waals surface area contributed by atoms with Gasteiger partial charge in [0.05, 0.1) is 11.6 Å². The van der Waals surface area contributed by atoms with Crippen LogP contribution in [0.2, 0.25) is 0 Å². The Morgan fingerprint density at radius 3 is 2.68 bits per heavy atom. The normalized spacial score (nSPS) is 19.5. The van der Waals surface area contributed by atoms with Gasteiger partial charge in [0.25, 0.3) is 5.91 Å². The first kappa shape index (κ1) is 17.5. The Morgan fingerprint density at radius 1 is 1.36 bits per heavy atom. The molecule has 2 heterocycles. The molecule has 1 atom stereocenters. The molecule has 0 aliphatic carbocycles. The standard InChI is InChI=1S/C20H26N2O3/c1-6-13-10-14(7-2)17-15(11-13)16-12-21(8-9-22(16)18(17)23)19(24)25-20(3,4)5/h7,10-11,16H,2,6,8-9,12H2,1,3-5H3. The highest BCUT2D eigenvalue weighted by molar-refractivity contribution is 6.02. The van der Waals surface area contributed by atoms with Crippen LogP contribution in [0, 0.1) is 0 Å². The zero-order valence-electron chi connectivity index (χ0n) is 15.5. The first-order valence-corrected chi connectivity index (χ1v) is 8.83. The molecule has 1 unspecified atom stereocenters. The minimum absolute atomic E-state index is 0.0430. The molecular weight excluding hydrogens is 316 g/mol. The second kappa shape index (κ2) is 6.21. The SMILES string of the molecule is C=Cc1cc(CC)cc2c1C(=O)N1CCN(C(=O)OC(C)(C)C)CC21. The van der Waals surface area contributed by atoms with E-state index in [-0.39, 0.29) is 18.0 Å². The van der Waals surface area contributed by atoms with Crippen molar-refractivity contribution < 1.29 is 14.3 Å². The molecule has 2 amide bonds. The summed E-state index contributed by atoms with van der Waals surface area (Å²) < 4.78 is 5.50. The van der Waals surface area contributed by atoms with E-state index in [1.807, 2.05) is 31.7 Å². The smallest absolute Gasteiger partial charge is 0.410 e. The van der Waals surface area contributed by atoms with Gasteiger partial charge in [-0.1, -0.05) is 31.7 Å². The number of carbonyl (C=O) groups excluding carboxylic acids is 2. The number of aryl methyl sites for hydroxylation is 1. The fourth-order valence-corrected chi connectivity index (χ4v) is 3.56. The number of amides is 2. The van der Waals surface area contributed by atoms with Crippen molar-refractivity contribution in [2.24, 2.45) is 0 Å². The van der Waals surface area contributed by atoms with Crippen LogP contribution in [-0.4, -0.2) is 47.0 Å². The van der Waals surface area contributed by atoms with Gasteiger partial charge in [0.1, 0.15) is 5.60 Å². The van der Waals surface area contributed by atoms with Crippen molar-refractivity contribution in [2.75, 3.05) is 19.6 Å². The van der Waals surface area contributed by atoms with Crippen molar-refractivity contribution in [1.29, 1.82) is 0 Å². The van der Waals surface area contributed by atoms with Gasteiger partial charge in [0, 0.05) is 19.6 Å². The van der Waals surface area contributed by atoms with E-state index in [1.165, 1.54) is 5.56 Å². The van der Waals surface area contributed by atoms with Crippen molar-refractivity contribution in [1.82, 2.24) is 9.80 Å². The van der Waals surface area contributed by atoms with Crippen molar-refractivity contribution in [2.45, 2.75) is 45.8 Å². The molecule has 5 nitrogen and oxygen atoms in total. The number of benzene rings is 1. The molecule has 0 radical (unpaired) electrons. The monoisotopic (exact) mass is 342 g/mol. The quantitative estimate of drug-likeness (QED) is 0.824. The second-order valence-corrected chi connectivity index (χ2v) is 7.65. The minimum atomic E-state index is -0.525.